The number of aliphatic hydroxyl groups is 1. The molecule has 1 aliphatic heterocycles. The van der Waals surface area contributed by atoms with Crippen LogP contribution in [0.3, 0.4) is 0 Å². The SMILES string of the molecule is Cl.O=S1(=O)CCC(O)CC1. The Kier molecular flexibility index (Phi) is 3.62. The van der Waals surface area contributed by atoms with Crippen LogP contribution in [-0.2, 0) is 9.84 Å². The molecule has 5 heteroatoms. The van der Waals surface area contributed by atoms with Crippen molar-refractivity contribution >= 4 is 22.2 Å². The van der Waals surface area contributed by atoms with Gasteiger partial charge in [-0.2, -0.15) is 0 Å². The fourth-order valence-electron chi connectivity index (χ4n) is 0.878. The molecule has 1 rings (SSSR count). The Bertz CT molecular complexity index is 173. The second-order valence-corrected chi connectivity index (χ2v) is 4.69. The molecule has 62 valence electrons. The van der Waals surface area contributed by atoms with Gasteiger partial charge in [-0.3, -0.25) is 0 Å². The van der Waals surface area contributed by atoms with Crippen LogP contribution in [0.25, 0.3) is 0 Å². The van der Waals surface area contributed by atoms with Gasteiger partial charge in [-0.15, -0.1) is 12.4 Å². The van der Waals surface area contributed by atoms with Gasteiger partial charge >= 0.3 is 0 Å². The predicted molar refractivity (Wildman–Crippen MR) is 41.1 cm³/mol. The van der Waals surface area contributed by atoms with Crippen molar-refractivity contribution in [2.75, 3.05) is 11.5 Å². The van der Waals surface area contributed by atoms with E-state index in [1.807, 2.05) is 0 Å². The van der Waals surface area contributed by atoms with Gasteiger partial charge in [-0.25, -0.2) is 8.42 Å². The maximum Gasteiger partial charge on any atom is 0.150 e. The van der Waals surface area contributed by atoms with Gasteiger partial charge in [0.05, 0.1) is 17.6 Å². The number of rotatable bonds is 0. The maximum atomic E-state index is 10.7. The van der Waals surface area contributed by atoms with E-state index in [1.54, 1.807) is 0 Å². The molecule has 0 aromatic rings. The van der Waals surface area contributed by atoms with Crippen molar-refractivity contribution in [1.82, 2.24) is 0 Å². The molecule has 3 nitrogen and oxygen atoms in total. The Hall–Kier alpha value is 0.200. The first-order valence-corrected chi connectivity index (χ1v) is 4.81. The molecule has 0 aliphatic carbocycles. The molecule has 1 heterocycles. The topological polar surface area (TPSA) is 54.4 Å². The van der Waals surface area contributed by atoms with E-state index in [-0.39, 0.29) is 30.0 Å². The van der Waals surface area contributed by atoms with E-state index in [0.29, 0.717) is 12.8 Å². The van der Waals surface area contributed by atoms with Crippen LogP contribution < -0.4 is 0 Å². The first-order chi connectivity index (χ1) is 4.10. The molecule has 0 unspecified atom stereocenters. The standard InChI is InChI=1S/C5H10O3S.ClH/c6-5-1-3-9(7,8)4-2-5;/h5-6H,1-4H2;1H. The normalized spacial score (nSPS) is 25.3. The zero-order valence-corrected chi connectivity index (χ0v) is 7.12. The van der Waals surface area contributed by atoms with Crippen LogP contribution in [0.2, 0.25) is 0 Å². The monoisotopic (exact) mass is 186 g/mol. The molecule has 0 bridgehead atoms. The van der Waals surface area contributed by atoms with Crippen molar-refractivity contribution in [2.24, 2.45) is 0 Å². The Morgan fingerprint density at radius 3 is 1.90 bits per heavy atom. The van der Waals surface area contributed by atoms with Gasteiger partial charge in [0, 0.05) is 0 Å². The number of aliphatic hydroxyl groups excluding tert-OH is 1. The van der Waals surface area contributed by atoms with Crippen molar-refractivity contribution in [1.29, 1.82) is 0 Å². The minimum Gasteiger partial charge on any atom is -0.393 e. The van der Waals surface area contributed by atoms with Gasteiger partial charge in [0.2, 0.25) is 0 Å². The average Bonchev–Trinajstić information content (AvgIpc) is 1.78. The first-order valence-electron chi connectivity index (χ1n) is 2.99. The number of hydrogen-bond donors (Lipinski definition) is 1. The quantitative estimate of drug-likeness (QED) is 0.579. The lowest BCUT2D eigenvalue weighted by atomic mass is 10.2. The zero-order chi connectivity index (χ0) is 6.91. The molecule has 0 saturated carbocycles. The maximum absolute atomic E-state index is 10.7. The Labute approximate surface area is 66.8 Å². The average molecular weight is 187 g/mol. The van der Waals surface area contributed by atoms with Gasteiger partial charge in [0.1, 0.15) is 0 Å². The van der Waals surface area contributed by atoms with Crippen molar-refractivity contribution in [3.05, 3.63) is 0 Å². The van der Waals surface area contributed by atoms with E-state index in [1.165, 1.54) is 0 Å². The first kappa shape index (κ1) is 10.2. The van der Waals surface area contributed by atoms with Gasteiger partial charge < -0.3 is 5.11 Å². The highest BCUT2D eigenvalue weighted by molar-refractivity contribution is 7.91. The summed E-state index contributed by atoms with van der Waals surface area (Å²) in [5, 5.41) is 8.88. The Morgan fingerprint density at radius 2 is 1.60 bits per heavy atom. The third kappa shape index (κ3) is 2.86. The molecular formula is C5H11ClO3S. The summed E-state index contributed by atoms with van der Waals surface area (Å²) in [5.74, 6) is 0.322. The number of hydrogen-bond acceptors (Lipinski definition) is 3. The summed E-state index contributed by atoms with van der Waals surface area (Å²) in [6.45, 7) is 0. The van der Waals surface area contributed by atoms with Crippen molar-refractivity contribution in [3.63, 3.8) is 0 Å². The fraction of sp³-hybridized carbons (Fsp3) is 1.00. The van der Waals surface area contributed by atoms with Gasteiger partial charge in [0.25, 0.3) is 0 Å². The third-order valence-corrected chi connectivity index (χ3v) is 3.24. The van der Waals surface area contributed by atoms with Gasteiger partial charge in [-0.05, 0) is 12.8 Å². The molecular weight excluding hydrogens is 176 g/mol. The molecule has 0 atom stereocenters. The summed E-state index contributed by atoms with van der Waals surface area (Å²) in [5.41, 5.74) is 0. The van der Waals surface area contributed by atoms with Crippen molar-refractivity contribution in [2.45, 2.75) is 18.9 Å². The summed E-state index contributed by atoms with van der Waals surface area (Å²) in [6, 6.07) is 0. The van der Waals surface area contributed by atoms with E-state index < -0.39 is 9.84 Å². The molecule has 0 radical (unpaired) electrons. The molecule has 10 heavy (non-hydrogen) atoms. The molecule has 1 fully saturated rings. The number of sulfone groups is 1. The summed E-state index contributed by atoms with van der Waals surface area (Å²) in [7, 11) is -2.78. The lowest BCUT2D eigenvalue weighted by molar-refractivity contribution is 0.163. The predicted octanol–water partition coefficient (Wildman–Crippen LogP) is -0.0223. The highest BCUT2D eigenvalue weighted by Gasteiger charge is 2.21. The fourth-order valence-corrected chi connectivity index (χ4v) is 2.34. The minimum absolute atomic E-state index is 0. The molecule has 0 aromatic heterocycles. The van der Waals surface area contributed by atoms with Gasteiger partial charge in [0.15, 0.2) is 9.84 Å². The second kappa shape index (κ2) is 3.55. The van der Waals surface area contributed by atoms with Crippen LogP contribution in [0.4, 0.5) is 0 Å². The summed E-state index contributed by atoms with van der Waals surface area (Å²) < 4.78 is 21.4. The third-order valence-electron chi connectivity index (χ3n) is 1.52. The molecule has 0 amide bonds. The van der Waals surface area contributed by atoms with Crippen LogP contribution in [0.5, 0.6) is 0 Å². The van der Waals surface area contributed by atoms with E-state index in [0.717, 1.165) is 0 Å². The van der Waals surface area contributed by atoms with Crippen LogP contribution in [-0.4, -0.2) is 31.1 Å². The van der Waals surface area contributed by atoms with Crippen LogP contribution in [0.1, 0.15) is 12.8 Å². The van der Waals surface area contributed by atoms with Crippen LogP contribution in [0, 0.1) is 0 Å². The Balaban J connectivity index is 0.000000810. The largest absolute Gasteiger partial charge is 0.393 e. The van der Waals surface area contributed by atoms with Crippen LogP contribution >= 0.6 is 12.4 Å². The lowest BCUT2D eigenvalue weighted by Crippen LogP contribution is -2.26. The van der Waals surface area contributed by atoms with E-state index in [9.17, 15) is 8.42 Å². The second-order valence-electron chi connectivity index (χ2n) is 2.38. The zero-order valence-electron chi connectivity index (χ0n) is 5.49. The van der Waals surface area contributed by atoms with E-state index >= 15 is 0 Å². The highest BCUT2D eigenvalue weighted by Crippen LogP contribution is 2.10. The van der Waals surface area contributed by atoms with Crippen LogP contribution in [0.15, 0.2) is 0 Å². The Morgan fingerprint density at radius 1 is 1.20 bits per heavy atom. The van der Waals surface area contributed by atoms with Crippen molar-refractivity contribution in [3.8, 4) is 0 Å². The summed E-state index contributed by atoms with van der Waals surface area (Å²) >= 11 is 0. The summed E-state index contributed by atoms with van der Waals surface area (Å²) in [6.07, 6.45) is 0.457. The molecule has 0 spiro atoms. The molecule has 1 saturated heterocycles. The van der Waals surface area contributed by atoms with E-state index in [2.05, 4.69) is 0 Å². The lowest BCUT2D eigenvalue weighted by Gasteiger charge is -2.15. The van der Waals surface area contributed by atoms with Gasteiger partial charge in [-0.1, -0.05) is 0 Å². The minimum atomic E-state index is -2.78. The van der Waals surface area contributed by atoms with Crippen molar-refractivity contribution < 1.29 is 13.5 Å². The smallest absolute Gasteiger partial charge is 0.150 e. The summed E-state index contributed by atoms with van der Waals surface area (Å²) in [4.78, 5) is 0. The molecule has 0 aromatic carbocycles. The van der Waals surface area contributed by atoms with E-state index in [4.69, 9.17) is 5.11 Å². The molecule has 1 aliphatic rings. The molecule has 1 N–H and O–H groups in total. The number of halogens is 1. The highest BCUT2D eigenvalue weighted by atomic mass is 35.5.